The topological polar surface area (TPSA) is 46.2 Å². The Bertz CT molecular complexity index is 525. The number of hydrogen-bond donors (Lipinski definition) is 0. The summed E-state index contributed by atoms with van der Waals surface area (Å²) in [6, 6.07) is 0. The first-order chi connectivity index (χ1) is 12.7. The fourth-order valence-corrected chi connectivity index (χ4v) is 7.67. The minimum absolute atomic E-state index is 0. The fourth-order valence-electron chi connectivity index (χ4n) is 7.67. The monoisotopic (exact) mass is 600 g/mol. The molecule has 0 aromatic heterocycles. The van der Waals surface area contributed by atoms with E-state index in [1.165, 1.54) is 0 Å². The van der Waals surface area contributed by atoms with Crippen LogP contribution in [0.3, 0.4) is 0 Å². The van der Waals surface area contributed by atoms with E-state index >= 15 is 0 Å². The second-order valence-electron chi connectivity index (χ2n) is 9.16. The number of ether oxygens (including phenoxy) is 5. The van der Waals surface area contributed by atoms with Gasteiger partial charge in [0.2, 0.25) is 0 Å². The summed E-state index contributed by atoms with van der Waals surface area (Å²) in [5.74, 6) is 0. The van der Waals surface area contributed by atoms with E-state index in [-0.39, 0.29) is 40.1 Å². The summed E-state index contributed by atoms with van der Waals surface area (Å²) >= 11 is 0. The Balaban J connectivity index is 0.000000961. The van der Waals surface area contributed by atoms with E-state index in [4.69, 9.17) is 23.7 Å². The van der Waals surface area contributed by atoms with Crippen LogP contribution in [0.2, 0.25) is 0 Å². The molecule has 5 heterocycles. The van der Waals surface area contributed by atoms with Crippen molar-refractivity contribution in [1.29, 1.82) is 0 Å². The summed E-state index contributed by atoms with van der Waals surface area (Å²) < 4.78 is 33.5. The van der Waals surface area contributed by atoms with Crippen molar-refractivity contribution in [3.8, 4) is 0 Å². The van der Waals surface area contributed by atoms with Crippen molar-refractivity contribution in [2.45, 2.75) is 92.2 Å². The average Bonchev–Trinajstić information content (AvgIpc) is 3.44. The number of rotatable bonds is 0. The van der Waals surface area contributed by atoms with E-state index in [9.17, 15) is 0 Å². The van der Waals surface area contributed by atoms with Gasteiger partial charge in [-0.25, -0.2) is 0 Å². The Labute approximate surface area is 194 Å². The average molecular weight is 600 g/mol. The van der Waals surface area contributed by atoms with Crippen LogP contribution in [0.15, 0.2) is 0 Å². The van der Waals surface area contributed by atoms with Gasteiger partial charge in [0, 0.05) is 33.0 Å². The summed E-state index contributed by atoms with van der Waals surface area (Å²) in [4.78, 5) is 0. The molecule has 6 fully saturated rings. The van der Waals surface area contributed by atoms with Gasteiger partial charge in [-0.3, -0.25) is 6.42 Å². The number of hydrogen-bond acceptors (Lipinski definition) is 5. The van der Waals surface area contributed by atoms with Gasteiger partial charge in [-0.2, -0.15) is 0 Å². The Hall–Kier alpha value is 1.03. The van der Waals surface area contributed by atoms with Crippen LogP contribution in [0.25, 0.3) is 0 Å². The predicted octanol–water partition coefficient (Wildman–Crippen LogP) is -0.0482. The second kappa shape index (κ2) is 7.56. The van der Waals surface area contributed by atoms with Crippen molar-refractivity contribution < 1.29 is 63.8 Å². The Morgan fingerprint density at radius 1 is 0.464 bits per heavy atom. The minimum atomic E-state index is -0.448. The van der Waals surface area contributed by atoms with Crippen LogP contribution >= 0.6 is 0 Å². The first kappa shape index (κ1) is 22.2. The van der Waals surface area contributed by atoms with E-state index in [0.29, 0.717) is 0 Å². The SMILES string of the molecule is [CH-]1[C@@]2(CCCO2)[C@]2(CCCO2)C2(CCCO2)[C@]2(CCCO2)[C@@]12CCCO2.[Cl-].[Hg+2]. The van der Waals surface area contributed by atoms with Gasteiger partial charge in [0.05, 0.1) is 0 Å². The van der Waals surface area contributed by atoms with Crippen LogP contribution in [0.1, 0.15) is 64.2 Å². The zero-order valence-electron chi connectivity index (χ0n) is 16.8. The van der Waals surface area contributed by atoms with Crippen molar-refractivity contribution in [3.63, 3.8) is 0 Å². The molecule has 5 atom stereocenters. The fraction of sp³-hybridized carbons (Fsp3) is 0.952. The van der Waals surface area contributed by atoms with E-state index in [1.807, 2.05) is 0 Å². The molecule has 0 aromatic rings. The molecular formula is C21H31ClHgO5. The Morgan fingerprint density at radius 2 is 0.821 bits per heavy atom. The number of halogens is 1. The third-order valence-corrected chi connectivity index (χ3v) is 8.31. The zero-order valence-corrected chi connectivity index (χ0v) is 23.1. The van der Waals surface area contributed by atoms with Crippen molar-refractivity contribution in [3.05, 3.63) is 6.42 Å². The van der Waals surface area contributed by atoms with E-state index in [1.54, 1.807) is 0 Å². The molecule has 5 saturated heterocycles. The third kappa shape index (κ3) is 2.36. The van der Waals surface area contributed by atoms with Crippen LogP contribution in [-0.2, 0) is 51.4 Å². The van der Waals surface area contributed by atoms with Gasteiger partial charge in [-0.1, -0.05) is 0 Å². The van der Waals surface area contributed by atoms with Crippen molar-refractivity contribution >= 4 is 0 Å². The van der Waals surface area contributed by atoms with Crippen LogP contribution in [-0.4, -0.2) is 61.0 Å². The molecule has 0 N–H and O–H groups in total. The van der Waals surface area contributed by atoms with Crippen LogP contribution in [0.4, 0.5) is 0 Å². The van der Waals surface area contributed by atoms with E-state index in [2.05, 4.69) is 6.42 Å². The Kier molecular flexibility index (Phi) is 6.00. The maximum Gasteiger partial charge on any atom is 2.00 e. The summed E-state index contributed by atoms with van der Waals surface area (Å²) in [6.07, 6.45) is 12.9. The standard InChI is InChI=1S/C21H31O5.ClH.Hg/c1-6-17(22-11-1)16-18(7-2-12-23-18)20(9-4-14-25-20)21(10-5-15-26-21)19(17)8-3-13-24-19;;/h16H,1-15H2;1H;/q-1;;+2/p-1/t17-,18+,19+,20-,21?;;. The second-order valence-corrected chi connectivity index (χ2v) is 9.16. The first-order valence-electron chi connectivity index (χ1n) is 10.8. The third-order valence-electron chi connectivity index (χ3n) is 8.31. The molecule has 154 valence electrons. The molecule has 0 radical (unpaired) electrons. The predicted molar refractivity (Wildman–Crippen MR) is 93.9 cm³/mol. The molecule has 0 aromatic carbocycles. The molecule has 5 aliphatic heterocycles. The van der Waals surface area contributed by atoms with Crippen molar-refractivity contribution in [2.75, 3.05) is 33.0 Å². The van der Waals surface area contributed by atoms with Gasteiger partial charge in [0.15, 0.2) is 0 Å². The minimum Gasteiger partial charge on any atom is -1.00 e. The van der Waals surface area contributed by atoms with Gasteiger partial charge in [-0.15, -0.1) is 0 Å². The maximum atomic E-state index is 6.80. The molecule has 5 nitrogen and oxygen atoms in total. The smallest absolute Gasteiger partial charge is 1.00 e. The van der Waals surface area contributed by atoms with Gasteiger partial charge in [0.1, 0.15) is 16.8 Å². The molecule has 7 heteroatoms. The van der Waals surface area contributed by atoms with Crippen LogP contribution in [0, 0.1) is 6.42 Å². The van der Waals surface area contributed by atoms with Crippen molar-refractivity contribution in [1.82, 2.24) is 0 Å². The molecular weight excluding hydrogens is 568 g/mol. The molecule has 0 amide bonds. The maximum absolute atomic E-state index is 6.80. The largest absolute Gasteiger partial charge is 2.00 e. The quantitative estimate of drug-likeness (QED) is 0.289. The van der Waals surface area contributed by atoms with Crippen LogP contribution < -0.4 is 12.4 Å². The van der Waals surface area contributed by atoms with Gasteiger partial charge >= 0.3 is 27.7 Å². The van der Waals surface area contributed by atoms with Gasteiger partial charge in [-0.05, 0) is 75.4 Å². The molecule has 1 saturated carbocycles. The zero-order chi connectivity index (χ0) is 17.3. The molecule has 6 aliphatic rings. The molecule has 5 spiro atoms. The number of fused-ring (bicyclic) bond motifs is 4. The van der Waals surface area contributed by atoms with Gasteiger partial charge < -0.3 is 36.1 Å². The summed E-state index contributed by atoms with van der Waals surface area (Å²) in [5, 5.41) is 0. The molecule has 1 aliphatic carbocycles. The first-order valence-corrected chi connectivity index (χ1v) is 10.8. The van der Waals surface area contributed by atoms with E-state index < -0.39 is 28.0 Å². The van der Waals surface area contributed by atoms with Crippen LogP contribution in [0.5, 0.6) is 0 Å². The molecule has 28 heavy (non-hydrogen) atoms. The normalized spacial score (nSPS) is 52.3. The molecule has 1 unspecified atom stereocenters. The summed E-state index contributed by atoms with van der Waals surface area (Å²) in [5.41, 5.74) is -2.08. The Morgan fingerprint density at radius 3 is 1.14 bits per heavy atom. The summed E-state index contributed by atoms with van der Waals surface area (Å²) in [6.45, 7) is 4.01. The molecule has 0 bridgehead atoms. The summed E-state index contributed by atoms with van der Waals surface area (Å²) in [7, 11) is 0. The van der Waals surface area contributed by atoms with Crippen molar-refractivity contribution in [2.24, 2.45) is 0 Å². The van der Waals surface area contributed by atoms with Gasteiger partial charge in [0.25, 0.3) is 0 Å². The molecule has 6 rings (SSSR count). The van der Waals surface area contributed by atoms with E-state index in [0.717, 1.165) is 97.2 Å².